The van der Waals surface area contributed by atoms with Crippen molar-refractivity contribution in [3.63, 3.8) is 0 Å². The highest BCUT2D eigenvalue weighted by molar-refractivity contribution is 5.65. The van der Waals surface area contributed by atoms with Crippen molar-refractivity contribution in [1.82, 2.24) is 0 Å². The molecule has 3 atom stereocenters. The van der Waals surface area contributed by atoms with E-state index in [1.54, 1.807) is 7.11 Å². The fourth-order valence-electron chi connectivity index (χ4n) is 1.78. The van der Waals surface area contributed by atoms with Gasteiger partial charge in [0, 0.05) is 14.0 Å². The molecule has 5 nitrogen and oxygen atoms in total. The first kappa shape index (κ1) is 14.4. The molecule has 0 amide bonds. The third-order valence-corrected chi connectivity index (χ3v) is 2.58. The van der Waals surface area contributed by atoms with Crippen LogP contribution in [0.3, 0.4) is 0 Å². The van der Waals surface area contributed by atoms with Crippen LogP contribution in [0.5, 0.6) is 0 Å². The van der Waals surface area contributed by atoms with Gasteiger partial charge in [0.2, 0.25) is 0 Å². The molecular formula is C12H22O5. The molecule has 0 aromatic heterocycles. The van der Waals surface area contributed by atoms with E-state index in [1.165, 1.54) is 6.92 Å². The largest absolute Gasteiger partial charge is 0.463 e. The van der Waals surface area contributed by atoms with Gasteiger partial charge in [0.05, 0.1) is 12.2 Å². The van der Waals surface area contributed by atoms with Gasteiger partial charge in [-0.1, -0.05) is 0 Å². The normalized spacial score (nSPS) is 29.4. The van der Waals surface area contributed by atoms with E-state index in [9.17, 15) is 4.79 Å². The SMILES string of the molecule is CO[C@@H]1CC[C@@H](COC(C)=O)O[C@@H]1OC(C)C. The topological polar surface area (TPSA) is 54.0 Å². The third-order valence-electron chi connectivity index (χ3n) is 2.58. The van der Waals surface area contributed by atoms with Crippen LogP contribution in [0.4, 0.5) is 0 Å². The highest BCUT2D eigenvalue weighted by Gasteiger charge is 2.33. The number of carbonyl (C=O) groups is 1. The van der Waals surface area contributed by atoms with Gasteiger partial charge in [0.1, 0.15) is 12.7 Å². The minimum Gasteiger partial charge on any atom is -0.463 e. The molecule has 0 unspecified atom stereocenters. The van der Waals surface area contributed by atoms with Gasteiger partial charge in [0.15, 0.2) is 6.29 Å². The average Bonchev–Trinajstić information content (AvgIpc) is 2.25. The van der Waals surface area contributed by atoms with Crippen LogP contribution in [0.25, 0.3) is 0 Å². The predicted octanol–water partition coefficient (Wildman–Crippen LogP) is 1.49. The quantitative estimate of drug-likeness (QED) is 0.688. The first-order valence-electron chi connectivity index (χ1n) is 6.00. The molecule has 0 aromatic rings. The number of rotatable bonds is 5. The van der Waals surface area contributed by atoms with Gasteiger partial charge in [-0.15, -0.1) is 0 Å². The van der Waals surface area contributed by atoms with Crippen molar-refractivity contribution >= 4 is 5.97 Å². The van der Waals surface area contributed by atoms with Crippen molar-refractivity contribution < 1.29 is 23.7 Å². The van der Waals surface area contributed by atoms with E-state index in [2.05, 4.69) is 0 Å². The van der Waals surface area contributed by atoms with Crippen LogP contribution >= 0.6 is 0 Å². The average molecular weight is 246 g/mol. The lowest BCUT2D eigenvalue weighted by atomic mass is 10.1. The van der Waals surface area contributed by atoms with Crippen molar-refractivity contribution in [2.45, 2.75) is 58.2 Å². The van der Waals surface area contributed by atoms with Crippen LogP contribution in [0.1, 0.15) is 33.6 Å². The summed E-state index contributed by atoms with van der Waals surface area (Å²) >= 11 is 0. The molecule has 0 spiro atoms. The van der Waals surface area contributed by atoms with Gasteiger partial charge >= 0.3 is 5.97 Å². The zero-order chi connectivity index (χ0) is 12.8. The predicted molar refractivity (Wildman–Crippen MR) is 61.5 cm³/mol. The summed E-state index contributed by atoms with van der Waals surface area (Å²) in [7, 11) is 1.65. The molecule has 0 radical (unpaired) electrons. The Kier molecular flexibility index (Phi) is 5.88. The third kappa shape index (κ3) is 5.02. The Morgan fingerprint density at radius 1 is 1.41 bits per heavy atom. The van der Waals surface area contributed by atoms with E-state index in [0.29, 0.717) is 0 Å². The maximum absolute atomic E-state index is 10.7. The minimum absolute atomic E-state index is 0.0500. The summed E-state index contributed by atoms with van der Waals surface area (Å²) < 4.78 is 21.6. The second kappa shape index (κ2) is 6.93. The van der Waals surface area contributed by atoms with E-state index < -0.39 is 0 Å². The zero-order valence-corrected chi connectivity index (χ0v) is 11.0. The van der Waals surface area contributed by atoms with Crippen LogP contribution in [-0.2, 0) is 23.7 Å². The zero-order valence-electron chi connectivity index (χ0n) is 11.0. The summed E-state index contributed by atoms with van der Waals surface area (Å²) in [6.45, 7) is 5.57. The Bertz CT molecular complexity index is 241. The van der Waals surface area contributed by atoms with Crippen molar-refractivity contribution in [3.05, 3.63) is 0 Å². The summed E-state index contributed by atoms with van der Waals surface area (Å²) in [4.78, 5) is 10.7. The molecule has 100 valence electrons. The maximum atomic E-state index is 10.7. The van der Waals surface area contributed by atoms with Crippen LogP contribution in [0.2, 0.25) is 0 Å². The fraction of sp³-hybridized carbons (Fsp3) is 0.917. The Hall–Kier alpha value is -0.650. The van der Waals surface area contributed by atoms with Gasteiger partial charge in [-0.2, -0.15) is 0 Å². The minimum atomic E-state index is -0.380. The van der Waals surface area contributed by atoms with E-state index >= 15 is 0 Å². The van der Waals surface area contributed by atoms with Crippen molar-refractivity contribution in [1.29, 1.82) is 0 Å². The summed E-state index contributed by atoms with van der Waals surface area (Å²) in [6, 6.07) is 0. The molecular weight excluding hydrogens is 224 g/mol. The van der Waals surface area contributed by atoms with E-state index in [4.69, 9.17) is 18.9 Å². The summed E-state index contributed by atoms with van der Waals surface area (Å²) in [6.07, 6.45) is 1.20. The fourth-order valence-corrected chi connectivity index (χ4v) is 1.78. The molecule has 0 aromatic carbocycles. The van der Waals surface area contributed by atoms with Crippen LogP contribution in [0.15, 0.2) is 0 Å². The molecule has 1 heterocycles. The second-order valence-electron chi connectivity index (χ2n) is 4.47. The monoisotopic (exact) mass is 246 g/mol. The molecule has 17 heavy (non-hydrogen) atoms. The Labute approximate surface area is 102 Å². The smallest absolute Gasteiger partial charge is 0.302 e. The number of ether oxygens (including phenoxy) is 4. The Morgan fingerprint density at radius 2 is 2.12 bits per heavy atom. The highest BCUT2D eigenvalue weighted by Crippen LogP contribution is 2.23. The molecule has 1 fully saturated rings. The van der Waals surface area contributed by atoms with E-state index in [-0.39, 0.29) is 37.2 Å². The maximum Gasteiger partial charge on any atom is 0.302 e. The molecule has 0 saturated carbocycles. The molecule has 1 aliphatic heterocycles. The molecule has 0 N–H and O–H groups in total. The van der Waals surface area contributed by atoms with Crippen molar-refractivity contribution in [3.8, 4) is 0 Å². The molecule has 0 aliphatic carbocycles. The second-order valence-corrected chi connectivity index (χ2v) is 4.47. The van der Waals surface area contributed by atoms with Crippen LogP contribution in [-0.4, -0.2) is 44.3 Å². The van der Waals surface area contributed by atoms with E-state index in [0.717, 1.165) is 12.8 Å². The molecule has 5 heteroatoms. The van der Waals surface area contributed by atoms with Gasteiger partial charge in [-0.05, 0) is 26.7 Å². The Balaban J connectivity index is 2.44. The lowest BCUT2D eigenvalue weighted by Gasteiger charge is -2.36. The van der Waals surface area contributed by atoms with Gasteiger partial charge < -0.3 is 18.9 Å². The number of esters is 1. The number of hydrogen-bond donors (Lipinski definition) is 0. The lowest BCUT2D eigenvalue weighted by Crippen LogP contribution is -2.44. The number of methoxy groups -OCH3 is 1. The van der Waals surface area contributed by atoms with Crippen molar-refractivity contribution in [2.24, 2.45) is 0 Å². The van der Waals surface area contributed by atoms with Gasteiger partial charge in [-0.25, -0.2) is 0 Å². The highest BCUT2D eigenvalue weighted by atomic mass is 16.7. The lowest BCUT2D eigenvalue weighted by molar-refractivity contribution is -0.262. The first-order chi connectivity index (χ1) is 8.02. The van der Waals surface area contributed by atoms with Gasteiger partial charge in [-0.3, -0.25) is 4.79 Å². The molecule has 1 rings (SSSR count). The van der Waals surface area contributed by atoms with Gasteiger partial charge in [0.25, 0.3) is 0 Å². The Morgan fingerprint density at radius 3 is 2.65 bits per heavy atom. The van der Waals surface area contributed by atoms with E-state index in [1.807, 2.05) is 13.8 Å². The number of carbonyl (C=O) groups excluding carboxylic acids is 1. The standard InChI is InChI=1S/C12H22O5/c1-8(2)16-12-11(14-4)6-5-10(17-12)7-15-9(3)13/h8,10-12H,5-7H2,1-4H3/t10-,11+,12-/m0/s1. The summed E-state index contributed by atoms with van der Waals surface area (Å²) in [5.41, 5.74) is 0. The molecule has 1 aliphatic rings. The summed E-state index contributed by atoms with van der Waals surface area (Å²) in [5.74, 6) is -0.288. The molecule has 1 saturated heterocycles. The van der Waals surface area contributed by atoms with Crippen molar-refractivity contribution in [2.75, 3.05) is 13.7 Å². The molecule has 0 bridgehead atoms. The van der Waals surface area contributed by atoms with Crippen LogP contribution < -0.4 is 0 Å². The van der Waals surface area contributed by atoms with Crippen LogP contribution in [0, 0.1) is 0 Å². The summed E-state index contributed by atoms with van der Waals surface area (Å²) in [5, 5.41) is 0. The first-order valence-corrected chi connectivity index (χ1v) is 6.00. The number of hydrogen-bond acceptors (Lipinski definition) is 5.